The van der Waals surface area contributed by atoms with Gasteiger partial charge in [-0.15, -0.1) is 0 Å². The third-order valence-corrected chi connectivity index (χ3v) is 5.89. The van der Waals surface area contributed by atoms with Crippen LogP contribution in [0.25, 0.3) is 11.1 Å². The quantitative estimate of drug-likeness (QED) is 0.438. The van der Waals surface area contributed by atoms with Crippen LogP contribution in [0, 0.1) is 16.7 Å². The number of Topliss-reactive ketones (excluding diaryl/α,β-unsaturated/α-hetero) is 1. The van der Waals surface area contributed by atoms with E-state index >= 15 is 0 Å². The lowest BCUT2D eigenvalue weighted by Crippen LogP contribution is -2.50. The Morgan fingerprint density at radius 1 is 1.00 bits per heavy atom. The fourth-order valence-corrected chi connectivity index (χ4v) is 3.97. The Kier molecular flexibility index (Phi) is 8.44. The zero-order valence-electron chi connectivity index (χ0n) is 21.0. The smallest absolute Gasteiger partial charge is 0.308 e. The fourth-order valence-electron chi connectivity index (χ4n) is 3.97. The summed E-state index contributed by atoms with van der Waals surface area (Å²) in [7, 11) is 0. The summed E-state index contributed by atoms with van der Waals surface area (Å²) in [4.78, 5) is 38.4. The lowest BCUT2D eigenvalue weighted by Gasteiger charge is -2.31. The molecule has 186 valence electrons. The second-order valence-corrected chi connectivity index (χ2v) is 9.82. The minimum Gasteiger partial charge on any atom is -0.461 e. The van der Waals surface area contributed by atoms with Gasteiger partial charge in [-0.2, -0.15) is 5.26 Å². The molecule has 0 fully saturated rings. The van der Waals surface area contributed by atoms with Gasteiger partial charge < -0.3 is 14.6 Å². The van der Waals surface area contributed by atoms with Crippen LogP contribution in [-0.2, 0) is 25.7 Å². The molecule has 0 aliphatic carbocycles. The second kappa shape index (κ2) is 11.5. The third kappa shape index (κ3) is 6.92. The predicted molar refractivity (Wildman–Crippen MR) is 137 cm³/mol. The van der Waals surface area contributed by atoms with Gasteiger partial charge in [0.05, 0.1) is 24.1 Å². The van der Waals surface area contributed by atoms with Crippen molar-refractivity contribution < 1.29 is 19.1 Å². The van der Waals surface area contributed by atoms with Crippen molar-refractivity contribution in [3.63, 3.8) is 0 Å². The number of carbonyl (C=O) groups excluding carboxylic acids is 3. The maximum atomic E-state index is 13.4. The van der Waals surface area contributed by atoms with Gasteiger partial charge in [-0.25, -0.2) is 0 Å². The Morgan fingerprint density at radius 2 is 1.67 bits per heavy atom. The van der Waals surface area contributed by atoms with Gasteiger partial charge >= 0.3 is 5.97 Å². The summed E-state index contributed by atoms with van der Waals surface area (Å²) in [5, 5.41) is 11.9. The Morgan fingerprint density at radius 3 is 2.25 bits per heavy atom. The molecule has 0 saturated heterocycles. The number of benzene rings is 2. The van der Waals surface area contributed by atoms with Crippen molar-refractivity contribution in [2.24, 2.45) is 5.41 Å². The molecule has 0 unspecified atom stereocenters. The van der Waals surface area contributed by atoms with Gasteiger partial charge in [0.15, 0.2) is 5.78 Å². The summed E-state index contributed by atoms with van der Waals surface area (Å²) in [6.45, 7) is 7.18. The first-order valence-corrected chi connectivity index (χ1v) is 11.8. The molecule has 2 atom stereocenters. The normalized spacial score (nSPS) is 12.8. The molecule has 3 aromatic rings. The molecule has 0 radical (unpaired) electrons. The van der Waals surface area contributed by atoms with Gasteiger partial charge in [0.25, 0.3) is 0 Å². The van der Waals surface area contributed by atoms with Crippen molar-refractivity contribution in [2.75, 3.05) is 0 Å². The Bertz CT molecular complexity index is 1250. The number of carbonyl (C=O) groups is 3. The predicted octanol–water partition coefficient (Wildman–Crippen LogP) is 4.82. The molecule has 2 aromatic carbocycles. The Balaban J connectivity index is 1.84. The number of amides is 1. The van der Waals surface area contributed by atoms with Crippen LogP contribution in [0.5, 0.6) is 0 Å². The lowest BCUT2D eigenvalue weighted by molar-refractivity contribution is -0.148. The monoisotopic (exact) mass is 485 g/mol. The van der Waals surface area contributed by atoms with Crippen molar-refractivity contribution >= 4 is 17.7 Å². The number of esters is 1. The van der Waals surface area contributed by atoms with Gasteiger partial charge in [-0.3, -0.25) is 14.4 Å². The first kappa shape index (κ1) is 26.4. The number of hydrogen-bond donors (Lipinski definition) is 1. The van der Waals surface area contributed by atoms with Gasteiger partial charge in [-0.05, 0) is 47.2 Å². The minimum atomic E-state index is -0.912. The highest BCUT2D eigenvalue weighted by Gasteiger charge is 2.33. The van der Waals surface area contributed by atoms with E-state index in [1.165, 1.54) is 6.92 Å². The molecule has 36 heavy (non-hydrogen) atoms. The first-order valence-electron chi connectivity index (χ1n) is 11.8. The van der Waals surface area contributed by atoms with E-state index in [1.54, 1.807) is 29.1 Å². The summed E-state index contributed by atoms with van der Waals surface area (Å²) in [5.41, 5.74) is 2.60. The number of nitrogens with one attached hydrogen (secondary N) is 1. The summed E-state index contributed by atoms with van der Waals surface area (Å²) < 4.78 is 7.10. The van der Waals surface area contributed by atoms with E-state index in [1.807, 2.05) is 69.3 Å². The van der Waals surface area contributed by atoms with E-state index in [0.717, 1.165) is 16.7 Å². The van der Waals surface area contributed by atoms with Crippen LogP contribution in [0.15, 0.2) is 73.1 Å². The third-order valence-electron chi connectivity index (χ3n) is 5.89. The zero-order chi connectivity index (χ0) is 26.3. The van der Waals surface area contributed by atoms with E-state index in [-0.39, 0.29) is 18.8 Å². The summed E-state index contributed by atoms with van der Waals surface area (Å²) in [6, 6.07) is 18.7. The maximum Gasteiger partial charge on any atom is 0.308 e. The summed E-state index contributed by atoms with van der Waals surface area (Å²) >= 11 is 0. The molecule has 1 heterocycles. The largest absolute Gasteiger partial charge is 0.461 e. The van der Waals surface area contributed by atoms with Crippen molar-refractivity contribution in [3.05, 3.63) is 84.2 Å². The lowest BCUT2D eigenvalue weighted by atomic mass is 9.84. The molecule has 0 bridgehead atoms. The fraction of sp³-hybridized carbons (Fsp3) is 0.310. The number of nitrogens with zero attached hydrogens (tertiary/aromatic N) is 2. The van der Waals surface area contributed by atoms with Crippen LogP contribution in [0.1, 0.15) is 51.3 Å². The molecule has 0 aliphatic rings. The Hall–Kier alpha value is -4.18. The molecule has 0 aliphatic heterocycles. The number of ketones is 1. The van der Waals surface area contributed by atoms with Crippen LogP contribution in [0.3, 0.4) is 0 Å². The van der Waals surface area contributed by atoms with Gasteiger partial charge in [0, 0.05) is 12.4 Å². The SMILES string of the molecule is CC(=O)[C@@H](NC(=O)[C@@H](CC(=O)OCc1ccccc1)n1ccc(-c2ccc(C#N)cc2)c1)C(C)(C)C. The number of nitriles is 1. The zero-order valence-corrected chi connectivity index (χ0v) is 21.0. The molecule has 7 heteroatoms. The molecule has 1 amide bonds. The van der Waals surface area contributed by atoms with E-state index in [4.69, 9.17) is 10.00 Å². The highest BCUT2D eigenvalue weighted by molar-refractivity contribution is 5.91. The average molecular weight is 486 g/mol. The van der Waals surface area contributed by atoms with Crippen molar-refractivity contribution in [3.8, 4) is 17.2 Å². The van der Waals surface area contributed by atoms with Crippen molar-refractivity contribution in [1.82, 2.24) is 9.88 Å². The highest BCUT2D eigenvalue weighted by Crippen LogP contribution is 2.26. The van der Waals surface area contributed by atoms with E-state index in [2.05, 4.69) is 11.4 Å². The number of aromatic nitrogens is 1. The molecular formula is C29H31N3O4. The Labute approximate surface area is 211 Å². The second-order valence-electron chi connectivity index (χ2n) is 9.82. The van der Waals surface area contributed by atoms with Gasteiger partial charge in [0.2, 0.25) is 5.91 Å². The van der Waals surface area contributed by atoms with Gasteiger partial charge in [-0.1, -0.05) is 63.2 Å². The maximum absolute atomic E-state index is 13.4. The molecule has 0 saturated carbocycles. The molecule has 1 N–H and O–H groups in total. The molecule has 0 spiro atoms. The highest BCUT2D eigenvalue weighted by atomic mass is 16.5. The molecular weight excluding hydrogens is 454 g/mol. The van der Waals surface area contributed by atoms with E-state index < -0.39 is 29.4 Å². The number of ether oxygens (including phenoxy) is 1. The molecule has 3 rings (SSSR count). The van der Waals surface area contributed by atoms with Crippen LogP contribution in [0.4, 0.5) is 0 Å². The minimum absolute atomic E-state index is 0.105. The van der Waals surface area contributed by atoms with Crippen LogP contribution >= 0.6 is 0 Å². The topological polar surface area (TPSA) is 101 Å². The van der Waals surface area contributed by atoms with Crippen molar-refractivity contribution in [2.45, 2.75) is 52.8 Å². The number of hydrogen-bond acceptors (Lipinski definition) is 5. The number of rotatable bonds is 9. The van der Waals surface area contributed by atoms with E-state index in [0.29, 0.717) is 5.56 Å². The standard InChI is InChI=1S/C29H31N3O4/c1-20(33)27(29(2,3)4)31-28(35)25(16-26(34)36-19-22-8-6-5-7-9-22)32-15-14-24(18-32)23-12-10-21(17-30)11-13-23/h5-15,18,25,27H,16,19H2,1-4H3,(H,31,35)/t25-,27-/m1/s1. The van der Waals surface area contributed by atoms with Crippen molar-refractivity contribution in [1.29, 1.82) is 5.26 Å². The van der Waals surface area contributed by atoms with Crippen LogP contribution in [-0.4, -0.2) is 28.3 Å². The first-order chi connectivity index (χ1) is 17.1. The van der Waals surface area contributed by atoms with E-state index in [9.17, 15) is 14.4 Å². The average Bonchev–Trinajstić information content (AvgIpc) is 3.34. The summed E-state index contributed by atoms with van der Waals surface area (Å²) in [5.74, 6) is -1.13. The molecule has 1 aromatic heterocycles. The molecule has 7 nitrogen and oxygen atoms in total. The van der Waals surface area contributed by atoms with Gasteiger partial charge in [0.1, 0.15) is 12.6 Å². The van der Waals surface area contributed by atoms with Crippen LogP contribution in [0.2, 0.25) is 0 Å². The van der Waals surface area contributed by atoms with Crippen LogP contribution < -0.4 is 5.32 Å². The summed E-state index contributed by atoms with van der Waals surface area (Å²) in [6.07, 6.45) is 3.30.